The van der Waals surface area contributed by atoms with Crippen LogP contribution in [0.4, 0.5) is 5.69 Å². The minimum atomic E-state index is 0.0440. The van der Waals surface area contributed by atoms with E-state index in [0.29, 0.717) is 13.0 Å². The van der Waals surface area contributed by atoms with Crippen LogP contribution in [0.25, 0.3) is 11.1 Å². The van der Waals surface area contributed by atoms with Crippen molar-refractivity contribution in [2.24, 2.45) is 0 Å². The van der Waals surface area contributed by atoms with Crippen molar-refractivity contribution >= 4 is 22.9 Å². The normalized spacial score (nSPS) is 15.8. The van der Waals surface area contributed by atoms with Crippen molar-refractivity contribution in [3.8, 4) is 22.6 Å². The molecule has 1 amide bonds. The standard InChI is InChI=1S/C22H21NO3S/c1-3-26-17-6-4-5-15(11-17)18-12-20(24)23-21-19(13-27-22(18)21)14-7-9-16(25-2)10-8-14/h4-11,13,18H,3,12H2,1-2H3,(H,23,24). The number of ether oxygens (including phenoxy) is 2. The number of anilines is 1. The average Bonchev–Trinajstić information content (AvgIpc) is 3.11. The first kappa shape index (κ1) is 17.6. The van der Waals surface area contributed by atoms with Crippen molar-refractivity contribution in [2.45, 2.75) is 19.3 Å². The van der Waals surface area contributed by atoms with Gasteiger partial charge in [0.1, 0.15) is 11.5 Å². The molecule has 27 heavy (non-hydrogen) atoms. The zero-order valence-corrected chi connectivity index (χ0v) is 16.1. The molecular formula is C22H21NO3S. The number of thiophene rings is 1. The summed E-state index contributed by atoms with van der Waals surface area (Å²) >= 11 is 1.69. The third kappa shape index (κ3) is 3.43. The molecule has 5 heteroatoms. The van der Waals surface area contributed by atoms with Crippen LogP contribution in [-0.2, 0) is 4.79 Å². The molecule has 1 unspecified atom stereocenters. The van der Waals surface area contributed by atoms with Gasteiger partial charge in [-0.15, -0.1) is 11.3 Å². The Hall–Kier alpha value is -2.79. The molecular weight excluding hydrogens is 358 g/mol. The summed E-state index contributed by atoms with van der Waals surface area (Å²) in [5, 5.41) is 5.21. The molecule has 1 aliphatic heterocycles. The van der Waals surface area contributed by atoms with E-state index in [9.17, 15) is 4.79 Å². The van der Waals surface area contributed by atoms with Crippen LogP contribution in [-0.4, -0.2) is 19.6 Å². The molecule has 0 radical (unpaired) electrons. The van der Waals surface area contributed by atoms with Crippen molar-refractivity contribution < 1.29 is 14.3 Å². The predicted octanol–water partition coefficient (Wildman–Crippen LogP) is 5.30. The Balaban J connectivity index is 1.74. The summed E-state index contributed by atoms with van der Waals surface area (Å²) < 4.78 is 10.9. The van der Waals surface area contributed by atoms with E-state index < -0.39 is 0 Å². The molecule has 2 heterocycles. The molecule has 138 valence electrons. The van der Waals surface area contributed by atoms with Crippen LogP contribution in [0.15, 0.2) is 53.9 Å². The van der Waals surface area contributed by atoms with E-state index in [1.165, 1.54) is 4.88 Å². The van der Waals surface area contributed by atoms with E-state index in [4.69, 9.17) is 9.47 Å². The number of carbonyl (C=O) groups excluding carboxylic acids is 1. The molecule has 0 fully saturated rings. The highest BCUT2D eigenvalue weighted by Gasteiger charge is 2.30. The fourth-order valence-electron chi connectivity index (χ4n) is 3.47. The summed E-state index contributed by atoms with van der Waals surface area (Å²) in [6, 6.07) is 16.0. The molecule has 1 aromatic heterocycles. The Kier molecular flexibility index (Phi) is 4.86. The second-order valence-electron chi connectivity index (χ2n) is 6.43. The van der Waals surface area contributed by atoms with Crippen molar-refractivity contribution in [3.05, 3.63) is 64.4 Å². The number of rotatable bonds is 5. The van der Waals surface area contributed by atoms with Crippen molar-refractivity contribution in [1.82, 2.24) is 0 Å². The van der Waals surface area contributed by atoms with Crippen LogP contribution < -0.4 is 14.8 Å². The molecule has 4 rings (SSSR count). The highest BCUT2D eigenvalue weighted by molar-refractivity contribution is 7.11. The van der Waals surface area contributed by atoms with Gasteiger partial charge in [0, 0.05) is 28.2 Å². The molecule has 4 nitrogen and oxygen atoms in total. The number of hydrogen-bond donors (Lipinski definition) is 1. The number of benzene rings is 2. The average molecular weight is 379 g/mol. The quantitative estimate of drug-likeness (QED) is 0.655. The molecule has 0 bridgehead atoms. The second kappa shape index (κ2) is 7.45. The third-order valence-corrected chi connectivity index (χ3v) is 5.86. The van der Waals surface area contributed by atoms with Gasteiger partial charge in [0.15, 0.2) is 0 Å². The van der Waals surface area contributed by atoms with E-state index in [0.717, 1.165) is 33.9 Å². The number of methoxy groups -OCH3 is 1. The first-order chi connectivity index (χ1) is 13.2. The maximum atomic E-state index is 12.4. The molecule has 0 aliphatic carbocycles. The zero-order valence-electron chi connectivity index (χ0n) is 15.3. The van der Waals surface area contributed by atoms with Gasteiger partial charge in [-0.25, -0.2) is 0 Å². The first-order valence-corrected chi connectivity index (χ1v) is 9.86. The van der Waals surface area contributed by atoms with Gasteiger partial charge < -0.3 is 14.8 Å². The summed E-state index contributed by atoms with van der Waals surface area (Å²) in [5.74, 6) is 1.75. The lowest BCUT2D eigenvalue weighted by molar-refractivity contribution is -0.116. The second-order valence-corrected chi connectivity index (χ2v) is 7.34. The van der Waals surface area contributed by atoms with Gasteiger partial charge in [-0.1, -0.05) is 24.3 Å². The van der Waals surface area contributed by atoms with E-state index in [-0.39, 0.29) is 11.8 Å². The number of amides is 1. The molecule has 3 aromatic rings. The van der Waals surface area contributed by atoms with E-state index in [1.54, 1.807) is 18.4 Å². The Morgan fingerprint density at radius 2 is 1.96 bits per heavy atom. The Bertz CT molecular complexity index is 962. The highest BCUT2D eigenvalue weighted by atomic mass is 32.1. The highest BCUT2D eigenvalue weighted by Crippen LogP contribution is 2.47. The summed E-state index contributed by atoms with van der Waals surface area (Å²) in [6.07, 6.45) is 0.450. The van der Waals surface area contributed by atoms with Crippen LogP contribution >= 0.6 is 11.3 Å². The SMILES string of the molecule is CCOc1cccc(C2CC(=O)Nc3c(-c4ccc(OC)cc4)csc32)c1. The predicted molar refractivity (Wildman–Crippen MR) is 109 cm³/mol. The Labute approximate surface area is 162 Å². The van der Waals surface area contributed by atoms with Gasteiger partial charge in [0.05, 0.1) is 19.4 Å². The molecule has 2 aromatic carbocycles. The molecule has 0 saturated carbocycles. The van der Waals surface area contributed by atoms with Gasteiger partial charge in [-0.3, -0.25) is 4.79 Å². The summed E-state index contributed by atoms with van der Waals surface area (Å²) in [4.78, 5) is 13.6. The lowest BCUT2D eigenvalue weighted by Gasteiger charge is -2.24. The summed E-state index contributed by atoms with van der Waals surface area (Å²) in [7, 11) is 1.66. The zero-order chi connectivity index (χ0) is 18.8. The van der Waals surface area contributed by atoms with E-state index >= 15 is 0 Å². The van der Waals surface area contributed by atoms with Gasteiger partial charge >= 0.3 is 0 Å². The van der Waals surface area contributed by atoms with Gasteiger partial charge in [-0.2, -0.15) is 0 Å². The number of nitrogens with one attached hydrogen (secondary N) is 1. The molecule has 1 atom stereocenters. The fourth-order valence-corrected chi connectivity index (χ4v) is 4.63. The number of carbonyl (C=O) groups is 1. The van der Waals surface area contributed by atoms with Crippen LogP contribution in [0.3, 0.4) is 0 Å². The number of fused-ring (bicyclic) bond motifs is 1. The van der Waals surface area contributed by atoms with E-state index in [2.05, 4.69) is 16.8 Å². The third-order valence-electron chi connectivity index (χ3n) is 4.76. The molecule has 1 aliphatic rings. The lowest BCUT2D eigenvalue weighted by Crippen LogP contribution is -2.22. The molecule has 0 saturated heterocycles. The van der Waals surface area contributed by atoms with Gasteiger partial charge in [0.2, 0.25) is 5.91 Å². The van der Waals surface area contributed by atoms with Crippen LogP contribution in [0.5, 0.6) is 11.5 Å². The Morgan fingerprint density at radius 1 is 1.15 bits per heavy atom. The van der Waals surface area contributed by atoms with Crippen LogP contribution in [0.1, 0.15) is 29.7 Å². The van der Waals surface area contributed by atoms with E-state index in [1.807, 2.05) is 49.4 Å². The van der Waals surface area contributed by atoms with Gasteiger partial charge in [0.25, 0.3) is 0 Å². The Morgan fingerprint density at radius 3 is 2.70 bits per heavy atom. The van der Waals surface area contributed by atoms with Crippen molar-refractivity contribution in [1.29, 1.82) is 0 Å². The van der Waals surface area contributed by atoms with Crippen LogP contribution in [0.2, 0.25) is 0 Å². The van der Waals surface area contributed by atoms with Gasteiger partial charge in [-0.05, 0) is 42.3 Å². The minimum Gasteiger partial charge on any atom is -0.497 e. The number of hydrogen-bond acceptors (Lipinski definition) is 4. The van der Waals surface area contributed by atoms with Crippen molar-refractivity contribution in [2.75, 3.05) is 19.0 Å². The monoisotopic (exact) mass is 379 g/mol. The molecule has 1 N–H and O–H groups in total. The fraction of sp³-hybridized carbons (Fsp3) is 0.227. The largest absolute Gasteiger partial charge is 0.497 e. The maximum Gasteiger partial charge on any atom is 0.225 e. The molecule has 0 spiro atoms. The smallest absolute Gasteiger partial charge is 0.225 e. The summed E-state index contributed by atoms with van der Waals surface area (Å²) in [6.45, 7) is 2.60. The minimum absolute atomic E-state index is 0.0440. The van der Waals surface area contributed by atoms with Crippen LogP contribution in [0, 0.1) is 0 Å². The van der Waals surface area contributed by atoms with Crippen molar-refractivity contribution in [3.63, 3.8) is 0 Å². The lowest BCUT2D eigenvalue weighted by atomic mass is 9.89. The summed E-state index contributed by atoms with van der Waals surface area (Å²) in [5.41, 5.74) is 4.15. The topological polar surface area (TPSA) is 47.6 Å². The maximum absolute atomic E-state index is 12.4. The first-order valence-electron chi connectivity index (χ1n) is 8.98.